The van der Waals surface area contributed by atoms with Gasteiger partial charge in [-0.25, -0.2) is 0 Å². The molecule has 0 saturated carbocycles. The van der Waals surface area contributed by atoms with Gasteiger partial charge in [0.05, 0.1) is 11.9 Å². The normalized spacial score (nSPS) is 8.25. The molecule has 0 saturated heterocycles. The van der Waals surface area contributed by atoms with Crippen LogP contribution in [0.4, 0.5) is 0 Å². The van der Waals surface area contributed by atoms with Crippen LogP contribution in [0.2, 0.25) is 0 Å². The van der Waals surface area contributed by atoms with Crippen molar-refractivity contribution in [2.24, 2.45) is 0 Å². The zero-order valence-electron chi connectivity index (χ0n) is 4.89. The van der Waals surface area contributed by atoms with Gasteiger partial charge in [0.1, 0.15) is 0 Å². The van der Waals surface area contributed by atoms with E-state index in [-0.39, 0.29) is 0 Å². The zero-order valence-corrected chi connectivity index (χ0v) is 4.89. The molecule has 0 aliphatic carbocycles. The number of aromatic nitrogens is 2. The molecule has 1 aromatic heterocycles. The summed E-state index contributed by atoms with van der Waals surface area (Å²) in [6, 6.07) is 2.80. The fourth-order valence-corrected chi connectivity index (χ4v) is 0.374. The third kappa shape index (κ3) is 0.760. The second-order valence-corrected chi connectivity index (χ2v) is 1.65. The van der Waals surface area contributed by atoms with E-state index < -0.39 is 0 Å². The average molecular weight is 106 g/mol. The Hall–Kier alpha value is -1.10. The Labute approximate surface area is 48.6 Å². The topological polar surface area (TPSA) is 25.8 Å². The van der Waals surface area contributed by atoms with Crippen molar-refractivity contribution in [3.8, 4) is 0 Å². The monoisotopic (exact) mass is 106 g/mol. The molecule has 0 radical (unpaired) electrons. The molecule has 0 aliphatic rings. The van der Waals surface area contributed by atoms with E-state index in [1.165, 1.54) is 0 Å². The van der Waals surface area contributed by atoms with Gasteiger partial charge in [-0.05, 0) is 19.9 Å². The summed E-state index contributed by atoms with van der Waals surface area (Å²) in [5, 5.41) is 7.26. The number of aryl methyl sites for hydroxylation is 1. The van der Waals surface area contributed by atoms with Gasteiger partial charge in [-0.2, -0.15) is 0 Å². The van der Waals surface area contributed by atoms with E-state index >= 15 is 0 Å². The number of nitrogens with zero attached hydrogens (tertiary/aromatic N) is 2. The molecule has 0 amide bonds. The fourth-order valence-electron chi connectivity index (χ4n) is 0.374. The summed E-state index contributed by atoms with van der Waals surface area (Å²) in [5.74, 6) is 0. The molecule has 1 heterocycles. The third-order valence-corrected chi connectivity index (χ3v) is 1.04. The Morgan fingerprint density at radius 3 is 2.50 bits per heavy atom. The minimum absolute atomic E-state index is 0.920. The molecule has 0 spiro atoms. The van der Waals surface area contributed by atoms with Crippen LogP contribution in [-0.2, 0) is 0 Å². The first-order valence-electron chi connectivity index (χ1n) is 2.40. The zero-order chi connectivity index (χ0) is 5.98. The molecule has 0 aromatic carbocycles. The van der Waals surface area contributed by atoms with Gasteiger partial charge in [-0.3, -0.25) is 0 Å². The second kappa shape index (κ2) is 1.79. The highest BCUT2D eigenvalue weighted by molar-refractivity contribution is 5.07. The number of rotatable bonds is 0. The van der Waals surface area contributed by atoms with E-state index in [0.717, 1.165) is 11.3 Å². The van der Waals surface area contributed by atoms with E-state index in [0.29, 0.717) is 0 Å². The summed E-state index contributed by atoms with van der Waals surface area (Å²) >= 11 is 0. The Kier molecular flexibility index (Phi) is 1.13. The molecular formula is C6H6N2. The first-order chi connectivity index (χ1) is 3.80. The molecule has 0 aliphatic heterocycles. The smallest absolute Gasteiger partial charge is 0.0720 e. The maximum absolute atomic E-state index is 3.74. The predicted molar refractivity (Wildman–Crippen MR) is 29.2 cm³/mol. The van der Waals surface area contributed by atoms with Gasteiger partial charge in [0.2, 0.25) is 0 Å². The summed E-state index contributed by atoms with van der Waals surface area (Å²) in [7, 11) is 0. The molecule has 8 heavy (non-hydrogen) atoms. The van der Waals surface area contributed by atoms with Crippen LogP contribution in [0.3, 0.4) is 0 Å². The molecule has 0 unspecified atom stereocenters. The molecule has 0 bridgehead atoms. The maximum atomic E-state index is 3.74. The van der Waals surface area contributed by atoms with E-state index in [1.807, 2.05) is 13.8 Å². The van der Waals surface area contributed by atoms with Crippen molar-refractivity contribution in [2.75, 3.05) is 0 Å². The highest BCUT2D eigenvalue weighted by Crippen LogP contribution is 1.91. The Morgan fingerprint density at radius 1 is 1.38 bits per heavy atom. The quantitative estimate of drug-likeness (QED) is 0.486. The molecule has 0 fully saturated rings. The van der Waals surface area contributed by atoms with Gasteiger partial charge in [0.15, 0.2) is 0 Å². The summed E-state index contributed by atoms with van der Waals surface area (Å²) in [6.07, 6.45) is 2.52. The van der Waals surface area contributed by atoms with Crippen LogP contribution < -0.4 is 0 Å². The third-order valence-electron chi connectivity index (χ3n) is 1.04. The van der Waals surface area contributed by atoms with Crippen molar-refractivity contribution >= 4 is 0 Å². The number of hydrogen-bond donors (Lipinski definition) is 0. The van der Waals surface area contributed by atoms with Crippen LogP contribution in [-0.4, -0.2) is 10.2 Å². The highest BCUT2D eigenvalue weighted by Gasteiger charge is 1.85. The van der Waals surface area contributed by atoms with Crippen LogP contribution in [0, 0.1) is 26.1 Å². The second-order valence-electron chi connectivity index (χ2n) is 1.65. The highest BCUT2D eigenvalue weighted by atomic mass is 15.1. The Balaban J connectivity index is 3.13. The minimum atomic E-state index is 0.920. The summed E-state index contributed by atoms with van der Waals surface area (Å²) in [5.41, 5.74) is 1.93. The van der Waals surface area contributed by atoms with E-state index in [1.54, 1.807) is 0 Å². The van der Waals surface area contributed by atoms with E-state index in [2.05, 4.69) is 22.5 Å². The molecule has 2 heteroatoms. The molecule has 1 rings (SSSR count). The largest absolute Gasteiger partial charge is 0.146 e. The predicted octanol–water partition coefficient (Wildman–Crippen LogP) is 0.694. The first-order valence-corrected chi connectivity index (χ1v) is 2.40. The fraction of sp³-hybridized carbons (Fsp3) is 0.333. The lowest BCUT2D eigenvalue weighted by molar-refractivity contribution is 0.970. The lowest BCUT2D eigenvalue weighted by atomic mass is 10.3. The van der Waals surface area contributed by atoms with Crippen molar-refractivity contribution in [2.45, 2.75) is 13.8 Å². The summed E-state index contributed by atoms with van der Waals surface area (Å²) in [6.45, 7) is 3.83. The van der Waals surface area contributed by atoms with Crippen LogP contribution in [0.5, 0.6) is 0 Å². The maximum Gasteiger partial charge on any atom is 0.0720 e. The van der Waals surface area contributed by atoms with Gasteiger partial charge < -0.3 is 0 Å². The van der Waals surface area contributed by atoms with E-state index in [4.69, 9.17) is 0 Å². The molecule has 2 nitrogen and oxygen atoms in total. The molecule has 40 valence electrons. The molecule has 0 atom stereocenters. The molecular weight excluding hydrogens is 100 g/mol. The number of hydrogen-bond acceptors (Lipinski definition) is 2. The van der Waals surface area contributed by atoms with Crippen LogP contribution in [0.1, 0.15) is 11.3 Å². The van der Waals surface area contributed by atoms with Gasteiger partial charge in [0, 0.05) is 5.56 Å². The van der Waals surface area contributed by atoms with Crippen molar-refractivity contribution in [3.05, 3.63) is 23.5 Å². The first kappa shape index (κ1) is 5.04. The van der Waals surface area contributed by atoms with Crippen molar-refractivity contribution in [3.63, 3.8) is 0 Å². The van der Waals surface area contributed by atoms with Crippen molar-refractivity contribution < 1.29 is 0 Å². The minimum Gasteiger partial charge on any atom is -0.146 e. The van der Waals surface area contributed by atoms with Crippen molar-refractivity contribution in [1.82, 2.24) is 10.2 Å². The average Bonchev–Trinajstić information content (AvgIpc) is 1.77. The molecule has 1 aromatic rings. The van der Waals surface area contributed by atoms with Crippen molar-refractivity contribution in [1.29, 1.82) is 0 Å². The van der Waals surface area contributed by atoms with Gasteiger partial charge in [0.25, 0.3) is 0 Å². The lowest BCUT2D eigenvalue weighted by Crippen LogP contribution is -1.84. The lowest BCUT2D eigenvalue weighted by Gasteiger charge is -1.85. The van der Waals surface area contributed by atoms with E-state index in [9.17, 15) is 0 Å². The summed E-state index contributed by atoms with van der Waals surface area (Å²) in [4.78, 5) is 0. The van der Waals surface area contributed by atoms with Gasteiger partial charge in [-0.15, -0.1) is 5.10 Å². The van der Waals surface area contributed by atoms with Crippen LogP contribution in [0.25, 0.3) is 0 Å². The van der Waals surface area contributed by atoms with Crippen LogP contribution >= 0.6 is 0 Å². The Bertz CT molecular complexity index is 163. The van der Waals surface area contributed by atoms with Gasteiger partial charge >= 0.3 is 0 Å². The standard InChI is InChI=1S/C6H6N2/c1-5-3-4-7-8-6(5)2/h1-2H3. The molecule has 0 N–H and O–H groups in total. The Morgan fingerprint density at radius 2 is 2.12 bits per heavy atom. The summed E-state index contributed by atoms with van der Waals surface area (Å²) < 4.78 is 0. The van der Waals surface area contributed by atoms with Crippen LogP contribution in [0.15, 0.2) is 0 Å². The van der Waals surface area contributed by atoms with Gasteiger partial charge in [-0.1, -0.05) is 5.10 Å². The SMILES string of the molecule is Cc1c#cnnc1C.